The molecule has 4 aromatic rings. The van der Waals surface area contributed by atoms with Crippen molar-refractivity contribution in [1.82, 2.24) is 19.1 Å². The van der Waals surface area contributed by atoms with Crippen LogP contribution >= 0.6 is 11.6 Å². The lowest BCUT2D eigenvalue weighted by atomic mass is 10.2. The lowest BCUT2D eigenvalue weighted by molar-refractivity contribution is 0.0690. The molecule has 4 rings (SSSR count). The fraction of sp³-hybridized carbons (Fsp3) is 0.136. The summed E-state index contributed by atoms with van der Waals surface area (Å²) < 4.78 is 12.8. The molecular weight excluding hydrogens is 466 g/mol. The monoisotopic (exact) mass is 483 g/mol. The molecule has 2 aromatic carbocycles. The van der Waals surface area contributed by atoms with Gasteiger partial charge in [0.2, 0.25) is 5.62 Å². The van der Waals surface area contributed by atoms with E-state index in [9.17, 15) is 14.4 Å². The lowest BCUT2D eigenvalue weighted by Crippen LogP contribution is -2.49. The molecule has 0 atom stereocenters. The number of rotatable bonds is 7. The molecule has 12 heteroatoms. The Labute approximate surface area is 196 Å². The summed E-state index contributed by atoms with van der Waals surface area (Å²) in [6, 6.07) is 13.3. The van der Waals surface area contributed by atoms with E-state index in [4.69, 9.17) is 25.9 Å². The van der Waals surface area contributed by atoms with Gasteiger partial charge >= 0.3 is 23.4 Å². The van der Waals surface area contributed by atoms with E-state index in [0.717, 1.165) is 16.4 Å². The van der Waals surface area contributed by atoms with Crippen molar-refractivity contribution < 1.29 is 19.1 Å². The molecule has 34 heavy (non-hydrogen) atoms. The number of carboxylic acid groups (broad SMARTS) is 1. The molecule has 2 heterocycles. The fourth-order valence-corrected chi connectivity index (χ4v) is 3.18. The third-order valence-corrected chi connectivity index (χ3v) is 4.98. The first-order chi connectivity index (χ1) is 16.3. The molecule has 0 radical (unpaired) electrons. The number of hydrogen-bond donors (Lipinski definition) is 2. The Kier molecular flexibility index (Phi) is 6.46. The Balaban J connectivity index is 1.68. The second kappa shape index (κ2) is 9.63. The Morgan fingerprint density at radius 1 is 1.15 bits per heavy atom. The molecule has 0 saturated heterocycles. The molecular formula is C22H18ClN5O6. The maximum absolute atomic E-state index is 13.0. The zero-order chi connectivity index (χ0) is 24.2. The normalized spacial score (nSPS) is 11.5. The van der Waals surface area contributed by atoms with E-state index in [1.54, 1.807) is 55.5 Å². The van der Waals surface area contributed by atoms with Crippen LogP contribution in [-0.2, 0) is 13.1 Å². The molecule has 0 aliphatic heterocycles. The molecule has 0 spiro atoms. The van der Waals surface area contributed by atoms with E-state index >= 15 is 0 Å². The number of aromatic amines is 1. The van der Waals surface area contributed by atoms with Crippen LogP contribution in [-0.4, -0.2) is 30.2 Å². The highest BCUT2D eigenvalue weighted by Gasteiger charge is 2.12. The molecule has 0 aliphatic rings. The molecule has 0 bridgehead atoms. The first kappa shape index (κ1) is 22.8. The van der Waals surface area contributed by atoms with Gasteiger partial charge in [-0.05, 0) is 48.9 Å². The van der Waals surface area contributed by atoms with Gasteiger partial charge in [-0.1, -0.05) is 23.7 Å². The predicted octanol–water partition coefficient (Wildman–Crippen LogP) is 2.77. The van der Waals surface area contributed by atoms with Gasteiger partial charge in [0, 0.05) is 11.6 Å². The number of halogens is 1. The Morgan fingerprint density at radius 2 is 1.85 bits per heavy atom. The van der Waals surface area contributed by atoms with Crippen LogP contribution in [0, 0.1) is 0 Å². The van der Waals surface area contributed by atoms with Gasteiger partial charge in [-0.25, -0.2) is 23.9 Å². The minimum absolute atomic E-state index is 0.0714. The lowest BCUT2D eigenvalue weighted by Gasteiger charge is -2.10. The van der Waals surface area contributed by atoms with Crippen LogP contribution in [0.25, 0.3) is 0 Å². The number of benzene rings is 2. The number of aromatic nitrogens is 4. The summed E-state index contributed by atoms with van der Waals surface area (Å²) in [5, 5.41) is 9.46. The van der Waals surface area contributed by atoms with Crippen molar-refractivity contribution in [3.05, 3.63) is 97.7 Å². The topological polar surface area (TPSA) is 145 Å². The van der Waals surface area contributed by atoms with Gasteiger partial charge < -0.3 is 14.3 Å². The molecule has 0 amide bonds. The molecule has 11 nitrogen and oxygen atoms in total. The summed E-state index contributed by atoms with van der Waals surface area (Å²) in [6.45, 7) is 2.07. The van der Waals surface area contributed by atoms with Crippen LogP contribution in [0.2, 0.25) is 5.02 Å². The maximum atomic E-state index is 13.0. The van der Waals surface area contributed by atoms with E-state index in [2.05, 4.69) is 15.0 Å². The van der Waals surface area contributed by atoms with Gasteiger partial charge in [-0.3, -0.25) is 9.55 Å². The summed E-state index contributed by atoms with van der Waals surface area (Å²) in [6.07, 6.45) is 0.741. The van der Waals surface area contributed by atoms with Crippen LogP contribution in [0.15, 0.2) is 73.8 Å². The number of aromatic carboxylic acids is 1. The van der Waals surface area contributed by atoms with Crippen LogP contribution in [0.3, 0.4) is 0 Å². The highest BCUT2D eigenvalue weighted by atomic mass is 35.5. The number of ether oxygens (including phenoxy) is 1. The Bertz CT molecular complexity index is 1510. The number of carboxylic acids is 1. The Morgan fingerprint density at radius 3 is 2.47 bits per heavy atom. The molecule has 2 aromatic heterocycles. The number of nitrogens with zero attached hydrogens (tertiary/aromatic N) is 4. The minimum atomic E-state index is -1.24. The smallest absolute Gasteiger partial charge is 0.399 e. The summed E-state index contributed by atoms with van der Waals surface area (Å²) >= 11 is 5.95. The number of hydrogen-bond acceptors (Lipinski definition) is 7. The average molecular weight is 484 g/mol. The fourth-order valence-electron chi connectivity index (χ4n) is 3.05. The van der Waals surface area contributed by atoms with Crippen LogP contribution in [0.5, 0.6) is 11.8 Å². The van der Waals surface area contributed by atoms with Gasteiger partial charge in [0.05, 0.1) is 12.2 Å². The van der Waals surface area contributed by atoms with Gasteiger partial charge in [-0.2, -0.15) is 4.98 Å². The van der Waals surface area contributed by atoms with Crippen molar-refractivity contribution >= 4 is 23.3 Å². The SMILES string of the molecule is CCn1c(=O)[nH]/c(=N\c2ccc(Oc3nc(C(=O)O)co3)cc2)n(Cc2ccc(Cl)cc2)c1=O. The maximum Gasteiger partial charge on any atom is 0.399 e. The number of oxazole rings is 1. The summed E-state index contributed by atoms with van der Waals surface area (Å²) in [7, 11) is 0. The van der Waals surface area contributed by atoms with Gasteiger partial charge in [0.15, 0.2) is 5.69 Å². The largest absolute Gasteiger partial charge is 0.476 e. The predicted molar refractivity (Wildman–Crippen MR) is 121 cm³/mol. The van der Waals surface area contributed by atoms with Crippen LogP contribution in [0.1, 0.15) is 23.0 Å². The average Bonchev–Trinajstić information content (AvgIpc) is 3.28. The van der Waals surface area contributed by atoms with E-state index in [-0.39, 0.29) is 30.5 Å². The second-order valence-electron chi connectivity index (χ2n) is 7.00. The summed E-state index contributed by atoms with van der Waals surface area (Å²) in [5.41, 5.74) is -0.0531. The van der Waals surface area contributed by atoms with E-state index in [0.29, 0.717) is 16.5 Å². The van der Waals surface area contributed by atoms with Crippen molar-refractivity contribution in [3.8, 4) is 11.8 Å². The summed E-state index contributed by atoms with van der Waals surface area (Å²) in [4.78, 5) is 47.0. The number of carbonyl (C=O) groups is 1. The molecule has 2 N–H and O–H groups in total. The minimum Gasteiger partial charge on any atom is -0.476 e. The zero-order valence-corrected chi connectivity index (χ0v) is 18.5. The number of nitrogens with one attached hydrogen (secondary N) is 1. The van der Waals surface area contributed by atoms with Gasteiger partial charge in [0.1, 0.15) is 12.0 Å². The van der Waals surface area contributed by atoms with Crippen molar-refractivity contribution in [3.63, 3.8) is 0 Å². The number of H-pyrrole nitrogens is 1. The highest BCUT2D eigenvalue weighted by molar-refractivity contribution is 6.30. The van der Waals surface area contributed by atoms with Crippen molar-refractivity contribution in [2.75, 3.05) is 0 Å². The van der Waals surface area contributed by atoms with E-state index < -0.39 is 17.3 Å². The standard InChI is InChI=1S/C22H18ClN5O6/c1-2-27-20(31)26-19(28(22(27)32)11-13-3-5-14(23)6-4-13)24-15-7-9-16(10-8-15)34-21-25-17(12-33-21)18(29)30/h3-10,12H,2,11H2,1H3,(H,29,30)(H,24,26,31). The molecule has 0 aliphatic carbocycles. The quantitative estimate of drug-likeness (QED) is 0.411. The molecule has 0 saturated carbocycles. The third-order valence-electron chi connectivity index (χ3n) is 4.73. The van der Waals surface area contributed by atoms with Gasteiger partial charge in [0.25, 0.3) is 0 Å². The first-order valence-corrected chi connectivity index (χ1v) is 10.4. The third kappa shape index (κ3) is 4.99. The van der Waals surface area contributed by atoms with Crippen LogP contribution < -0.4 is 21.7 Å². The zero-order valence-electron chi connectivity index (χ0n) is 17.8. The first-order valence-electron chi connectivity index (χ1n) is 10.0. The van der Waals surface area contributed by atoms with E-state index in [1.807, 2.05) is 0 Å². The second-order valence-corrected chi connectivity index (χ2v) is 7.44. The molecule has 174 valence electrons. The van der Waals surface area contributed by atoms with E-state index in [1.165, 1.54) is 4.57 Å². The van der Waals surface area contributed by atoms with Crippen molar-refractivity contribution in [2.24, 2.45) is 4.99 Å². The van der Waals surface area contributed by atoms with Crippen molar-refractivity contribution in [2.45, 2.75) is 20.0 Å². The van der Waals surface area contributed by atoms with Crippen LogP contribution in [0.4, 0.5) is 5.69 Å². The molecule has 0 fully saturated rings. The summed E-state index contributed by atoms with van der Waals surface area (Å²) in [5.74, 6) is -0.916. The highest BCUT2D eigenvalue weighted by Crippen LogP contribution is 2.23. The van der Waals surface area contributed by atoms with Crippen molar-refractivity contribution in [1.29, 1.82) is 0 Å². The molecule has 0 unspecified atom stereocenters. The van der Waals surface area contributed by atoms with Gasteiger partial charge in [-0.15, -0.1) is 0 Å². The Hall–Kier alpha value is -4.38.